The van der Waals surface area contributed by atoms with Gasteiger partial charge in [-0.15, -0.1) is 0 Å². The van der Waals surface area contributed by atoms with Crippen molar-refractivity contribution in [1.29, 1.82) is 0 Å². The summed E-state index contributed by atoms with van der Waals surface area (Å²) < 4.78 is 5.48. The number of nitrogens with zero attached hydrogens (tertiary/aromatic N) is 2. The van der Waals surface area contributed by atoms with Gasteiger partial charge in [0.05, 0.1) is 16.4 Å². The summed E-state index contributed by atoms with van der Waals surface area (Å²) >= 11 is 0. The van der Waals surface area contributed by atoms with E-state index in [1.807, 2.05) is 0 Å². The van der Waals surface area contributed by atoms with Gasteiger partial charge in [0.15, 0.2) is 0 Å². The molecule has 2 nitrogen and oxygen atoms in total. The molecule has 1 spiro atoms. The molecular weight excluding hydrogens is 771 g/mol. The van der Waals surface area contributed by atoms with Crippen LogP contribution < -0.4 is 16.4 Å². The zero-order chi connectivity index (χ0) is 44.2. The molecule has 9 aromatic rings. The number of benzene rings is 7. The van der Waals surface area contributed by atoms with Gasteiger partial charge in [0, 0.05) is 44.0 Å². The highest BCUT2D eigenvalue weighted by atomic mass is 15.1. The van der Waals surface area contributed by atoms with Crippen molar-refractivity contribution in [3.8, 4) is 22.5 Å². The molecule has 0 fully saturated rings. The van der Waals surface area contributed by atoms with Crippen molar-refractivity contribution in [2.24, 2.45) is 0 Å². The molecule has 2 aromatic heterocycles. The molecule has 1 aliphatic carbocycles. The van der Waals surface area contributed by atoms with E-state index in [1.54, 1.807) is 0 Å². The summed E-state index contributed by atoms with van der Waals surface area (Å²) in [4.78, 5) is 0. The van der Waals surface area contributed by atoms with E-state index in [0.717, 1.165) is 0 Å². The fourth-order valence-electron chi connectivity index (χ4n) is 13.0. The molecule has 0 radical (unpaired) electrons. The molecule has 3 aliphatic heterocycles. The number of aromatic nitrogens is 2. The van der Waals surface area contributed by atoms with Gasteiger partial charge in [-0.3, -0.25) is 0 Å². The van der Waals surface area contributed by atoms with Gasteiger partial charge in [-0.2, -0.15) is 0 Å². The SMILES string of the molecule is CC(C)c1ccc2c(c1)C1(c3cc(C(C)C)ccc3-2)c2ccc3c4c2-n2c5c(cc(C(C)C)cc5c5cc(C(C)C)cc1c52)B4c1cc(C(C)C)cc2c4cc(C(C)C)ccc4n-3c12. The van der Waals surface area contributed by atoms with Gasteiger partial charge < -0.3 is 9.13 Å². The second kappa shape index (κ2) is 12.7. The first-order valence-corrected chi connectivity index (χ1v) is 24.5. The van der Waals surface area contributed by atoms with Crippen molar-refractivity contribution < 1.29 is 0 Å². The zero-order valence-corrected chi connectivity index (χ0v) is 39.8. The van der Waals surface area contributed by atoms with E-state index in [-0.39, 0.29) is 6.71 Å². The fourth-order valence-corrected chi connectivity index (χ4v) is 13.0. The van der Waals surface area contributed by atoms with Gasteiger partial charge in [-0.25, -0.2) is 0 Å². The lowest BCUT2D eigenvalue weighted by atomic mass is 9.33. The maximum Gasteiger partial charge on any atom is 0.252 e. The molecule has 64 heavy (non-hydrogen) atoms. The molecule has 5 heterocycles. The summed E-state index contributed by atoms with van der Waals surface area (Å²) in [5, 5.41) is 5.59. The van der Waals surface area contributed by atoms with Crippen LogP contribution in [0.1, 0.15) is 174 Å². The summed E-state index contributed by atoms with van der Waals surface area (Å²) in [6.07, 6.45) is 0. The van der Waals surface area contributed by atoms with E-state index in [1.165, 1.54) is 138 Å². The third kappa shape index (κ3) is 4.54. The van der Waals surface area contributed by atoms with Crippen molar-refractivity contribution in [1.82, 2.24) is 9.13 Å². The Morgan fingerprint density at radius 3 is 1.36 bits per heavy atom. The van der Waals surface area contributed by atoms with Crippen molar-refractivity contribution in [2.75, 3.05) is 0 Å². The molecule has 4 aliphatic rings. The number of fused-ring (bicyclic) bond motifs is 14. The molecule has 3 heteroatoms. The van der Waals surface area contributed by atoms with Crippen LogP contribution in [0, 0.1) is 0 Å². The lowest BCUT2D eigenvalue weighted by molar-refractivity contribution is 0.735. The largest absolute Gasteiger partial charge is 0.310 e. The summed E-state index contributed by atoms with van der Waals surface area (Å²) in [5.41, 5.74) is 29.2. The second-order valence-electron chi connectivity index (χ2n) is 22.0. The molecule has 13 rings (SSSR count). The van der Waals surface area contributed by atoms with Gasteiger partial charge in [0.2, 0.25) is 0 Å². The highest BCUT2D eigenvalue weighted by Gasteiger charge is 2.55. The first-order valence-electron chi connectivity index (χ1n) is 24.5. The Kier molecular flexibility index (Phi) is 7.68. The minimum atomic E-state index is -0.512. The maximum absolute atomic E-state index is 2.80. The number of hydrogen-bond donors (Lipinski definition) is 0. The number of hydrogen-bond acceptors (Lipinski definition) is 0. The monoisotopic (exact) mass is 830 g/mol. The van der Waals surface area contributed by atoms with Crippen LogP contribution in [0.5, 0.6) is 0 Å². The second-order valence-corrected chi connectivity index (χ2v) is 22.0. The van der Waals surface area contributed by atoms with E-state index in [0.29, 0.717) is 35.5 Å². The Hall–Kier alpha value is -5.80. The van der Waals surface area contributed by atoms with Gasteiger partial charge in [0.25, 0.3) is 6.71 Å². The Morgan fingerprint density at radius 2 is 0.812 bits per heavy atom. The Morgan fingerprint density at radius 1 is 0.375 bits per heavy atom. The molecular formula is C61H59BN2. The van der Waals surface area contributed by atoms with Crippen molar-refractivity contribution in [3.05, 3.63) is 159 Å². The fraction of sp³-hybridized carbons (Fsp3) is 0.311. The molecule has 0 atom stereocenters. The first kappa shape index (κ1) is 38.6. The average molecular weight is 831 g/mol. The summed E-state index contributed by atoms with van der Waals surface area (Å²) in [7, 11) is 0. The smallest absolute Gasteiger partial charge is 0.252 e. The van der Waals surface area contributed by atoms with E-state index in [9.17, 15) is 0 Å². The highest BCUT2D eigenvalue weighted by molar-refractivity contribution is 7.00. The maximum atomic E-state index is 2.80. The molecule has 0 unspecified atom stereocenters. The van der Waals surface area contributed by atoms with Crippen LogP contribution in [0.15, 0.2) is 103 Å². The average Bonchev–Trinajstić information content (AvgIpc) is 3.89. The van der Waals surface area contributed by atoms with Crippen molar-refractivity contribution in [2.45, 2.75) is 124 Å². The predicted octanol–water partition coefficient (Wildman–Crippen LogP) is 14.4. The van der Waals surface area contributed by atoms with E-state index in [2.05, 4.69) is 195 Å². The number of rotatable bonds is 6. The third-order valence-corrected chi connectivity index (χ3v) is 16.5. The molecule has 7 aromatic carbocycles. The molecule has 0 amide bonds. The highest BCUT2D eigenvalue weighted by Crippen LogP contribution is 2.62. The van der Waals surface area contributed by atoms with Gasteiger partial charge in [0.1, 0.15) is 0 Å². The Balaban J connectivity index is 1.31. The quantitative estimate of drug-likeness (QED) is 0.148. The standard InChI is InChI=1S/C61H59BN2/c1-30(2)36-15-19-54-44(21-36)45-23-40(34(9)10)28-52-58(45)63(54)55-20-18-48-60-56(55)62(52)53-29-41(35(11)12)24-47-46-22-39(33(7)8)27-51(57(46)64(60)59(47)53)61(48)49-25-37(31(3)4)13-16-42(49)43-17-14-38(32(5)6)26-50(43)61/h13-35H,1-12H3. The first-order chi connectivity index (χ1) is 30.7. The molecule has 0 N–H and O–H groups in total. The van der Waals surface area contributed by atoms with Gasteiger partial charge >= 0.3 is 0 Å². The predicted molar refractivity (Wildman–Crippen MR) is 275 cm³/mol. The molecule has 0 saturated carbocycles. The van der Waals surface area contributed by atoms with Crippen LogP contribution in [-0.4, -0.2) is 15.8 Å². The lowest BCUT2D eigenvalue weighted by Crippen LogP contribution is -2.60. The molecule has 316 valence electrons. The van der Waals surface area contributed by atoms with Crippen LogP contribution in [0.2, 0.25) is 0 Å². The van der Waals surface area contributed by atoms with Crippen LogP contribution in [0.4, 0.5) is 0 Å². The zero-order valence-electron chi connectivity index (χ0n) is 39.8. The van der Waals surface area contributed by atoms with Crippen molar-refractivity contribution in [3.63, 3.8) is 0 Å². The van der Waals surface area contributed by atoms with E-state index in [4.69, 9.17) is 0 Å². The van der Waals surface area contributed by atoms with Crippen LogP contribution >= 0.6 is 0 Å². The Bertz CT molecular complexity index is 3520. The molecule has 0 saturated heterocycles. The third-order valence-electron chi connectivity index (χ3n) is 16.5. The lowest BCUT2D eigenvalue weighted by Gasteiger charge is -2.44. The topological polar surface area (TPSA) is 9.86 Å². The summed E-state index contributed by atoms with van der Waals surface area (Å²) in [6.45, 7) is 28.5. The van der Waals surface area contributed by atoms with Crippen molar-refractivity contribution >= 4 is 66.7 Å². The van der Waals surface area contributed by atoms with E-state index >= 15 is 0 Å². The minimum Gasteiger partial charge on any atom is -0.310 e. The summed E-state index contributed by atoms with van der Waals surface area (Å²) in [5.74, 6) is 2.42. The van der Waals surface area contributed by atoms with Gasteiger partial charge in [-0.05, 0) is 155 Å². The van der Waals surface area contributed by atoms with Crippen LogP contribution in [0.3, 0.4) is 0 Å². The molecule has 0 bridgehead atoms. The normalized spacial score (nSPS) is 14.9. The van der Waals surface area contributed by atoms with Gasteiger partial charge in [-0.1, -0.05) is 150 Å². The minimum absolute atomic E-state index is 0.0815. The summed E-state index contributed by atoms with van der Waals surface area (Å²) in [6, 6.07) is 43.1. The Labute approximate surface area is 379 Å². The van der Waals surface area contributed by atoms with Crippen LogP contribution in [-0.2, 0) is 5.41 Å². The van der Waals surface area contributed by atoms with E-state index < -0.39 is 5.41 Å². The van der Waals surface area contributed by atoms with Crippen LogP contribution in [0.25, 0.3) is 66.1 Å².